The first-order valence-electron chi connectivity index (χ1n) is 6.28. The van der Waals surface area contributed by atoms with E-state index in [2.05, 4.69) is 5.32 Å². The van der Waals surface area contributed by atoms with E-state index in [-0.39, 0.29) is 11.8 Å². The molecule has 0 heterocycles. The first-order valence-corrected chi connectivity index (χ1v) is 6.28. The van der Waals surface area contributed by atoms with Crippen LogP contribution in [0.15, 0.2) is 12.1 Å². The molecule has 1 rings (SSSR count). The summed E-state index contributed by atoms with van der Waals surface area (Å²) in [7, 11) is 0. The van der Waals surface area contributed by atoms with E-state index < -0.39 is 0 Å². The minimum atomic E-state index is -0.172. The van der Waals surface area contributed by atoms with Crippen molar-refractivity contribution in [2.24, 2.45) is 0 Å². The van der Waals surface area contributed by atoms with Crippen LogP contribution in [0, 0.1) is 19.7 Å². The SMILES string of the molecule is CCN(CC)C(=O)NCc1cc(C)c(F)c(C)c1. The van der Waals surface area contributed by atoms with Gasteiger partial charge in [0.2, 0.25) is 0 Å². The number of urea groups is 1. The van der Waals surface area contributed by atoms with Crippen LogP contribution in [0.5, 0.6) is 0 Å². The molecule has 1 aromatic carbocycles. The van der Waals surface area contributed by atoms with Crippen LogP contribution in [-0.4, -0.2) is 24.0 Å². The first-order chi connectivity index (χ1) is 8.49. The van der Waals surface area contributed by atoms with Crippen molar-refractivity contribution >= 4 is 6.03 Å². The van der Waals surface area contributed by atoms with Crippen molar-refractivity contribution < 1.29 is 9.18 Å². The van der Waals surface area contributed by atoms with Crippen molar-refractivity contribution in [3.05, 3.63) is 34.6 Å². The van der Waals surface area contributed by atoms with Crippen LogP contribution >= 0.6 is 0 Å². The number of carbonyl (C=O) groups excluding carboxylic acids is 1. The maximum atomic E-state index is 13.5. The van der Waals surface area contributed by atoms with E-state index >= 15 is 0 Å². The summed E-state index contributed by atoms with van der Waals surface area (Å²) in [6.45, 7) is 9.14. The lowest BCUT2D eigenvalue weighted by atomic mass is 10.1. The minimum Gasteiger partial charge on any atom is -0.334 e. The fraction of sp³-hybridized carbons (Fsp3) is 0.500. The van der Waals surface area contributed by atoms with Gasteiger partial charge in [-0.15, -0.1) is 0 Å². The Bertz CT molecular complexity index is 405. The molecule has 0 bridgehead atoms. The van der Waals surface area contributed by atoms with Crippen molar-refractivity contribution in [3.63, 3.8) is 0 Å². The number of nitrogens with zero attached hydrogens (tertiary/aromatic N) is 1. The lowest BCUT2D eigenvalue weighted by Crippen LogP contribution is -2.39. The van der Waals surface area contributed by atoms with Crippen molar-refractivity contribution in [2.45, 2.75) is 34.2 Å². The summed E-state index contributed by atoms with van der Waals surface area (Å²) in [5.74, 6) is -0.172. The standard InChI is InChI=1S/C14H21FN2O/c1-5-17(6-2)14(18)16-9-12-7-10(3)13(15)11(4)8-12/h7-8H,5-6,9H2,1-4H3,(H,16,18). The number of hydrogen-bond donors (Lipinski definition) is 1. The molecule has 0 aliphatic carbocycles. The summed E-state index contributed by atoms with van der Waals surface area (Å²) in [6.07, 6.45) is 0. The van der Waals surface area contributed by atoms with E-state index in [4.69, 9.17) is 0 Å². The lowest BCUT2D eigenvalue weighted by Gasteiger charge is -2.19. The van der Waals surface area contributed by atoms with Gasteiger partial charge in [0.05, 0.1) is 0 Å². The summed E-state index contributed by atoms with van der Waals surface area (Å²) in [5, 5.41) is 2.84. The average molecular weight is 252 g/mol. The monoisotopic (exact) mass is 252 g/mol. The van der Waals surface area contributed by atoms with Crippen molar-refractivity contribution in [1.29, 1.82) is 0 Å². The van der Waals surface area contributed by atoms with Gasteiger partial charge in [-0.1, -0.05) is 12.1 Å². The van der Waals surface area contributed by atoms with E-state index in [1.807, 2.05) is 13.8 Å². The molecule has 2 amide bonds. The zero-order valence-electron chi connectivity index (χ0n) is 11.5. The molecule has 0 radical (unpaired) electrons. The molecule has 3 nitrogen and oxygen atoms in total. The first kappa shape index (κ1) is 14.5. The van der Waals surface area contributed by atoms with Gasteiger partial charge in [-0.3, -0.25) is 0 Å². The largest absolute Gasteiger partial charge is 0.334 e. The predicted octanol–water partition coefficient (Wildman–Crippen LogP) is 2.99. The van der Waals surface area contributed by atoms with Crippen LogP contribution in [0.4, 0.5) is 9.18 Å². The lowest BCUT2D eigenvalue weighted by molar-refractivity contribution is 0.203. The maximum Gasteiger partial charge on any atom is 0.317 e. The smallest absolute Gasteiger partial charge is 0.317 e. The zero-order chi connectivity index (χ0) is 13.7. The van der Waals surface area contributed by atoms with Gasteiger partial charge >= 0.3 is 6.03 Å². The normalized spacial score (nSPS) is 10.3. The third kappa shape index (κ3) is 3.45. The number of halogens is 1. The van der Waals surface area contributed by atoms with Crippen LogP contribution in [0.2, 0.25) is 0 Å². The highest BCUT2D eigenvalue weighted by Crippen LogP contribution is 2.14. The third-order valence-corrected chi connectivity index (χ3v) is 2.99. The Morgan fingerprint density at radius 3 is 2.17 bits per heavy atom. The molecule has 1 N–H and O–H groups in total. The van der Waals surface area contributed by atoms with E-state index in [9.17, 15) is 9.18 Å². The Morgan fingerprint density at radius 2 is 1.72 bits per heavy atom. The molecule has 0 aromatic heterocycles. The summed E-state index contributed by atoms with van der Waals surface area (Å²) >= 11 is 0. The summed E-state index contributed by atoms with van der Waals surface area (Å²) < 4.78 is 13.5. The van der Waals surface area contributed by atoms with Crippen LogP contribution in [-0.2, 0) is 6.54 Å². The average Bonchev–Trinajstić information content (AvgIpc) is 2.34. The Labute approximate surface area is 108 Å². The molecule has 1 aromatic rings. The minimum absolute atomic E-state index is 0.0837. The highest BCUT2D eigenvalue weighted by atomic mass is 19.1. The summed E-state index contributed by atoms with van der Waals surface area (Å²) in [5.41, 5.74) is 2.15. The number of rotatable bonds is 4. The van der Waals surface area contributed by atoms with Crippen LogP contribution in [0.25, 0.3) is 0 Å². The van der Waals surface area contributed by atoms with Gasteiger partial charge in [-0.05, 0) is 44.4 Å². The second-order valence-corrected chi connectivity index (χ2v) is 4.37. The molecule has 0 aliphatic heterocycles. The van der Waals surface area contributed by atoms with Gasteiger partial charge in [-0.2, -0.15) is 0 Å². The number of hydrogen-bond acceptors (Lipinski definition) is 1. The van der Waals surface area contributed by atoms with E-state index in [0.29, 0.717) is 30.8 Å². The van der Waals surface area contributed by atoms with E-state index in [0.717, 1.165) is 5.56 Å². The zero-order valence-corrected chi connectivity index (χ0v) is 11.5. The molecule has 0 atom stereocenters. The molecule has 18 heavy (non-hydrogen) atoms. The molecule has 0 unspecified atom stereocenters. The quantitative estimate of drug-likeness (QED) is 0.877. The molecule has 0 saturated heterocycles. The van der Waals surface area contributed by atoms with Crippen molar-refractivity contribution in [2.75, 3.05) is 13.1 Å². The van der Waals surface area contributed by atoms with E-state index in [1.165, 1.54) is 0 Å². The van der Waals surface area contributed by atoms with Gasteiger partial charge in [-0.25, -0.2) is 9.18 Å². The molecule has 0 aliphatic rings. The third-order valence-electron chi connectivity index (χ3n) is 2.99. The van der Waals surface area contributed by atoms with Gasteiger partial charge in [0, 0.05) is 19.6 Å². The van der Waals surface area contributed by atoms with Gasteiger partial charge in [0.15, 0.2) is 0 Å². The summed E-state index contributed by atoms with van der Waals surface area (Å²) in [6, 6.07) is 3.45. The number of benzene rings is 1. The van der Waals surface area contributed by atoms with Gasteiger partial charge < -0.3 is 10.2 Å². The van der Waals surface area contributed by atoms with Gasteiger partial charge in [0.1, 0.15) is 5.82 Å². The summed E-state index contributed by atoms with van der Waals surface area (Å²) in [4.78, 5) is 13.5. The van der Waals surface area contributed by atoms with Crippen LogP contribution < -0.4 is 5.32 Å². The number of aryl methyl sites for hydroxylation is 2. The van der Waals surface area contributed by atoms with E-state index in [1.54, 1.807) is 30.9 Å². The Hall–Kier alpha value is -1.58. The van der Waals surface area contributed by atoms with Gasteiger partial charge in [0.25, 0.3) is 0 Å². The Balaban J connectivity index is 2.67. The highest BCUT2D eigenvalue weighted by Gasteiger charge is 2.09. The van der Waals surface area contributed by atoms with Crippen molar-refractivity contribution in [3.8, 4) is 0 Å². The molecule has 0 saturated carbocycles. The second-order valence-electron chi connectivity index (χ2n) is 4.37. The van der Waals surface area contributed by atoms with Crippen LogP contribution in [0.1, 0.15) is 30.5 Å². The maximum absolute atomic E-state index is 13.5. The Kier molecular flexibility index (Phi) is 5.13. The fourth-order valence-electron chi connectivity index (χ4n) is 1.94. The molecule has 0 spiro atoms. The van der Waals surface area contributed by atoms with Crippen LogP contribution in [0.3, 0.4) is 0 Å². The predicted molar refractivity (Wildman–Crippen MR) is 71.0 cm³/mol. The molecule has 4 heteroatoms. The second kappa shape index (κ2) is 6.38. The van der Waals surface area contributed by atoms with Crippen molar-refractivity contribution in [1.82, 2.24) is 10.2 Å². The highest BCUT2D eigenvalue weighted by molar-refractivity contribution is 5.74. The molecule has 0 fully saturated rings. The number of amides is 2. The number of nitrogens with one attached hydrogen (secondary N) is 1. The number of carbonyl (C=O) groups is 1. The topological polar surface area (TPSA) is 32.3 Å². The fourth-order valence-corrected chi connectivity index (χ4v) is 1.94. The molecular formula is C14H21FN2O. The molecule has 100 valence electrons. The molecular weight excluding hydrogens is 231 g/mol. The Morgan fingerprint density at radius 1 is 1.22 bits per heavy atom.